The van der Waals surface area contributed by atoms with Gasteiger partial charge in [-0.15, -0.1) is 11.3 Å². The smallest absolute Gasteiger partial charge is 0.416 e. The molecule has 0 atom stereocenters. The fourth-order valence-electron chi connectivity index (χ4n) is 3.99. The number of anilines is 2. The Morgan fingerprint density at radius 1 is 0.975 bits per heavy atom. The number of amides is 1. The van der Waals surface area contributed by atoms with E-state index < -0.39 is 17.7 Å². The van der Waals surface area contributed by atoms with Crippen molar-refractivity contribution in [1.82, 2.24) is 10.3 Å². The summed E-state index contributed by atoms with van der Waals surface area (Å²) in [5, 5.41) is 13.8. The van der Waals surface area contributed by atoms with Crippen LogP contribution in [0.2, 0.25) is 0 Å². The van der Waals surface area contributed by atoms with Crippen molar-refractivity contribution in [2.24, 2.45) is 0 Å². The minimum atomic E-state index is -4.40. The summed E-state index contributed by atoms with van der Waals surface area (Å²) in [4.78, 5) is 29.8. The molecular formula is C30H28F3N3O3S. The van der Waals surface area contributed by atoms with Crippen LogP contribution in [-0.4, -0.2) is 28.5 Å². The summed E-state index contributed by atoms with van der Waals surface area (Å²) in [6, 6.07) is 20.1. The number of carboxylic acid groups (broad SMARTS) is 1. The lowest BCUT2D eigenvalue weighted by molar-refractivity contribution is -0.138. The number of aliphatic carboxylic acids is 1. The summed E-state index contributed by atoms with van der Waals surface area (Å²) in [5.41, 5.74) is 3.86. The monoisotopic (exact) mass is 567 g/mol. The Kier molecular flexibility index (Phi) is 8.89. The third kappa shape index (κ3) is 7.26. The van der Waals surface area contributed by atoms with Crippen LogP contribution in [0.15, 0.2) is 78.2 Å². The number of halogens is 3. The zero-order chi connectivity index (χ0) is 28.9. The number of carboxylic acids is 1. The van der Waals surface area contributed by atoms with E-state index in [0.717, 1.165) is 23.4 Å². The maximum absolute atomic E-state index is 13.0. The first kappa shape index (κ1) is 28.8. The Balaban J connectivity index is 1.58. The zero-order valence-electron chi connectivity index (χ0n) is 21.9. The number of carbonyl (C=O) groups is 2. The van der Waals surface area contributed by atoms with Crippen LogP contribution in [-0.2, 0) is 17.5 Å². The largest absolute Gasteiger partial charge is 0.481 e. The fourth-order valence-corrected chi connectivity index (χ4v) is 4.84. The molecule has 0 fully saturated rings. The number of rotatable bonds is 10. The van der Waals surface area contributed by atoms with E-state index >= 15 is 0 Å². The van der Waals surface area contributed by atoms with Gasteiger partial charge in [0.15, 0.2) is 5.13 Å². The van der Waals surface area contributed by atoms with Crippen LogP contribution in [0.4, 0.5) is 24.0 Å². The summed E-state index contributed by atoms with van der Waals surface area (Å²) < 4.78 is 39.0. The Hall–Kier alpha value is -4.18. The third-order valence-electron chi connectivity index (χ3n) is 6.28. The lowest BCUT2D eigenvalue weighted by atomic mass is 10.0. The number of nitrogens with zero attached hydrogens (tertiary/aromatic N) is 2. The number of alkyl halides is 3. The quantitative estimate of drug-likeness (QED) is 0.207. The molecule has 1 aromatic heterocycles. The van der Waals surface area contributed by atoms with E-state index in [2.05, 4.69) is 31.3 Å². The highest BCUT2D eigenvalue weighted by atomic mass is 32.1. The second-order valence-corrected chi connectivity index (χ2v) is 10.4. The van der Waals surface area contributed by atoms with Crippen molar-refractivity contribution in [2.75, 3.05) is 11.4 Å². The molecule has 0 unspecified atom stereocenters. The number of thiazole rings is 1. The average molecular weight is 568 g/mol. The van der Waals surface area contributed by atoms with Gasteiger partial charge in [-0.3, -0.25) is 9.59 Å². The maximum atomic E-state index is 13.0. The van der Waals surface area contributed by atoms with Gasteiger partial charge in [0, 0.05) is 28.7 Å². The molecule has 208 valence electrons. The summed E-state index contributed by atoms with van der Waals surface area (Å²) in [6.07, 6.45) is -4.56. The van der Waals surface area contributed by atoms with Gasteiger partial charge in [-0.1, -0.05) is 50.2 Å². The van der Waals surface area contributed by atoms with Crippen LogP contribution in [0.5, 0.6) is 0 Å². The highest BCUT2D eigenvalue weighted by Gasteiger charge is 2.30. The van der Waals surface area contributed by atoms with Gasteiger partial charge in [0.1, 0.15) is 0 Å². The van der Waals surface area contributed by atoms with Crippen molar-refractivity contribution in [2.45, 2.75) is 38.9 Å². The Labute approximate surface area is 234 Å². The van der Waals surface area contributed by atoms with Crippen LogP contribution in [0, 0.1) is 0 Å². The van der Waals surface area contributed by atoms with E-state index in [4.69, 9.17) is 10.1 Å². The van der Waals surface area contributed by atoms with Crippen LogP contribution in [0.3, 0.4) is 0 Å². The van der Waals surface area contributed by atoms with Gasteiger partial charge in [-0.05, 0) is 53.4 Å². The Bertz CT molecular complexity index is 1450. The van der Waals surface area contributed by atoms with Crippen molar-refractivity contribution in [1.29, 1.82) is 0 Å². The van der Waals surface area contributed by atoms with Crippen molar-refractivity contribution < 1.29 is 27.9 Å². The molecule has 3 aromatic carbocycles. The number of aromatic nitrogens is 1. The van der Waals surface area contributed by atoms with Crippen molar-refractivity contribution >= 4 is 34.0 Å². The highest BCUT2D eigenvalue weighted by molar-refractivity contribution is 7.14. The third-order valence-corrected chi connectivity index (χ3v) is 7.15. The molecule has 0 aliphatic heterocycles. The van der Waals surface area contributed by atoms with Gasteiger partial charge in [0.25, 0.3) is 5.91 Å². The van der Waals surface area contributed by atoms with Crippen molar-refractivity contribution in [3.8, 4) is 11.3 Å². The molecule has 0 saturated heterocycles. The number of benzene rings is 3. The van der Waals surface area contributed by atoms with Gasteiger partial charge in [-0.25, -0.2) is 4.98 Å². The standard InChI is InChI=1S/C30H28F3N3O3S/c1-19(2)21-9-13-25(14-10-21)36(17-20-3-5-23(6-4-20)28(39)34-16-15-27(37)38)29-35-26(18-40-29)22-7-11-24(12-8-22)30(31,32)33/h3-14,18-19H,15-17H2,1-2H3,(H,34,39)(H,37,38). The van der Waals surface area contributed by atoms with Crippen LogP contribution >= 0.6 is 11.3 Å². The van der Waals surface area contributed by atoms with E-state index in [1.165, 1.54) is 29.0 Å². The van der Waals surface area contributed by atoms with Gasteiger partial charge in [-0.2, -0.15) is 13.2 Å². The van der Waals surface area contributed by atoms with Gasteiger partial charge < -0.3 is 15.3 Å². The average Bonchev–Trinajstić information content (AvgIpc) is 3.41. The van der Waals surface area contributed by atoms with E-state index in [1.807, 2.05) is 34.5 Å². The van der Waals surface area contributed by atoms with Gasteiger partial charge in [0.05, 0.1) is 24.2 Å². The molecule has 0 bridgehead atoms. The summed E-state index contributed by atoms with van der Waals surface area (Å²) in [6.45, 7) is 4.70. The molecule has 0 aliphatic rings. The fraction of sp³-hybridized carbons (Fsp3) is 0.233. The van der Waals surface area contributed by atoms with Crippen molar-refractivity contribution in [3.63, 3.8) is 0 Å². The molecule has 40 heavy (non-hydrogen) atoms. The Morgan fingerprint density at radius 2 is 1.62 bits per heavy atom. The maximum Gasteiger partial charge on any atom is 0.416 e. The Morgan fingerprint density at radius 3 is 2.20 bits per heavy atom. The summed E-state index contributed by atoms with van der Waals surface area (Å²) in [7, 11) is 0. The molecule has 1 heterocycles. The molecule has 0 aliphatic carbocycles. The number of hydrogen-bond donors (Lipinski definition) is 2. The number of hydrogen-bond acceptors (Lipinski definition) is 5. The molecule has 0 radical (unpaired) electrons. The highest BCUT2D eigenvalue weighted by Crippen LogP contribution is 2.35. The molecule has 4 rings (SSSR count). The normalized spacial score (nSPS) is 11.4. The molecule has 2 N–H and O–H groups in total. The first-order chi connectivity index (χ1) is 19.0. The van der Waals surface area contributed by atoms with Crippen molar-refractivity contribution in [3.05, 3.63) is 100 Å². The SMILES string of the molecule is CC(C)c1ccc(N(Cc2ccc(C(=O)NCCC(=O)O)cc2)c2nc(-c3ccc(C(F)(F)F)cc3)cs2)cc1. The topological polar surface area (TPSA) is 82.5 Å². The minimum absolute atomic E-state index is 0.0430. The molecule has 4 aromatic rings. The summed E-state index contributed by atoms with van der Waals surface area (Å²) >= 11 is 1.39. The number of carbonyl (C=O) groups excluding carboxylic acids is 1. The van der Waals surface area contributed by atoms with Gasteiger partial charge >= 0.3 is 12.1 Å². The molecule has 0 spiro atoms. The molecular weight excluding hydrogens is 539 g/mol. The first-order valence-electron chi connectivity index (χ1n) is 12.6. The van der Waals surface area contributed by atoms with E-state index in [0.29, 0.717) is 34.4 Å². The molecule has 1 amide bonds. The second kappa shape index (κ2) is 12.3. The molecule has 6 nitrogen and oxygen atoms in total. The lowest BCUT2D eigenvalue weighted by Crippen LogP contribution is -2.26. The molecule has 10 heteroatoms. The summed E-state index contributed by atoms with van der Waals surface area (Å²) in [5.74, 6) is -0.973. The number of nitrogens with one attached hydrogen (secondary N) is 1. The van der Waals surface area contributed by atoms with Crippen LogP contribution < -0.4 is 10.2 Å². The van der Waals surface area contributed by atoms with E-state index in [1.54, 1.807) is 12.1 Å². The van der Waals surface area contributed by atoms with Crippen LogP contribution in [0.1, 0.15) is 53.2 Å². The van der Waals surface area contributed by atoms with E-state index in [-0.39, 0.29) is 18.9 Å². The van der Waals surface area contributed by atoms with Crippen LogP contribution in [0.25, 0.3) is 11.3 Å². The predicted molar refractivity (Wildman–Crippen MR) is 150 cm³/mol. The predicted octanol–water partition coefficient (Wildman–Crippen LogP) is 7.50. The van der Waals surface area contributed by atoms with E-state index in [9.17, 15) is 22.8 Å². The second-order valence-electron chi connectivity index (χ2n) is 9.52. The van der Waals surface area contributed by atoms with Gasteiger partial charge in [0.2, 0.25) is 0 Å². The first-order valence-corrected chi connectivity index (χ1v) is 13.5. The zero-order valence-corrected chi connectivity index (χ0v) is 22.7. The lowest BCUT2D eigenvalue weighted by Gasteiger charge is -2.23. The molecule has 0 saturated carbocycles. The minimum Gasteiger partial charge on any atom is -0.481 e.